The van der Waals surface area contributed by atoms with E-state index in [9.17, 15) is 4.79 Å². The van der Waals surface area contributed by atoms with Crippen molar-refractivity contribution in [1.82, 2.24) is 15.6 Å². The fourth-order valence-electron chi connectivity index (χ4n) is 3.26. The average Bonchev–Trinajstić information content (AvgIpc) is 3.13. The molecule has 2 fully saturated rings. The molecule has 4 nitrogen and oxygen atoms in total. The van der Waals surface area contributed by atoms with Crippen molar-refractivity contribution in [3.8, 4) is 0 Å². The normalized spacial score (nSPS) is 28.9. The van der Waals surface area contributed by atoms with Gasteiger partial charge >= 0.3 is 0 Å². The number of aromatic nitrogens is 1. The van der Waals surface area contributed by atoms with Gasteiger partial charge < -0.3 is 10.6 Å². The molecule has 0 radical (unpaired) electrons. The first kappa shape index (κ1) is 11.4. The molecule has 1 saturated heterocycles. The summed E-state index contributed by atoms with van der Waals surface area (Å²) in [6.45, 7) is 1.11. The second-order valence-electron chi connectivity index (χ2n) is 5.47. The molecule has 2 heterocycles. The molecule has 1 aliphatic heterocycles. The largest absolute Gasteiger partial charge is 0.348 e. The Hall–Kier alpha value is -1.46. The Morgan fingerprint density at radius 1 is 1.42 bits per heavy atom. The van der Waals surface area contributed by atoms with Gasteiger partial charge in [0.05, 0.1) is 15.7 Å². The zero-order valence-corrected chi connectivity index (χ0v) is 11.2. The number of fused-ring (bicyclic) bond motifs is 3. The van der Waals surface area contributed by atoms with Gasteiger partial charge in [-0.25, -0.2) is 4.98 Å². The van der Waals surface area contributed by atoms with Crippen molar-refractivity contribution in [2.24, 2.45) is 5.92 Å². The Morgan fingerprint density at radius 2 is 2.37 bits per heavy atom. The lowest BCUT2D eigenvalue weighted by Crippen LogP contribution is -2.47. The summed E-state index contributed by atoms with van der Waals surface area (Å²) >= 11 is 1.57. The second-order valence-corrected chi connectivity index (χ2v) is 6.35. The number of thiazole rings is 1. The quantitative estimate of drug-likeness (QED) is 0.877. The number of hydrogen-bond acceptors (Lipinski definition) is 4. The third kappa shape index (κ3) is 1.93. The van der Waals surface area contributed by atoms with Gasteiger partial charge in [-0.05, 0) is 43.5 Å². The lowest BCUT2D eigenvalue weighted by atomic mass is 10.1. The molecule has 2 aliphatic rings. The predicted molar refractivity (Wildman–Crippen MR) is 75.4 cm³/mol. The van der Waals surface area contributed by atoms with Crippen LogP contribution in [0.1, 0.15) is 23.2 Å². The Morgan fingerprint density at radius 3 is 3.16 bits per heavy atom. The van der Waals surface area contributed by atoms with Crippen LogP contribution in [-0.2, 0) is 0 Å². The highest BCUT2D eigenvalue weighted by Gasteiger charge is 2.39. The molecule has 1 aromatic carbocycles. The Bertz CT molecular complexity index is 638. The number of hydrogen-bond donors (Lipinski definition) is 2. The molecule has 1 aromatic heterocycles. The van der Waals surface area contributed by atoms with Gasteiger partial charge in [-0.15, -0.1) is 11.3 Å². The molecule has 5 heteroatoms. The van der Waals surface area contributed by atoms with E-state index in [1.807, 2.05) is 23.7 Å². The molecule has 3 unspecified atom stereocenters. The van der Waals surface area contributed by atoms with Crippen LogP contribution in [0.5, 0.6) is 0 Å². The summed E-state index contributed by atoms with van der Waals surface area (Å²) in [6.07, 6.45) is 2.32. The van der Waals surface area contributed by atoms with Crippen molar-refractivity contribution in [2.75, 3.05) is 6.54 Å². The fourth-order valence-corrected chi connectivity index (χ4v) is 3.98. The van der Waals surface area contributed by atoms with Gasteiger partial charge in [0, 0.05) is 17.6 Å². The minimum absolute atomic E-state index is 0.0367. The maximum absolute atomic E-state index is 12.3. The summed E-state index contributed by atoms with van der Waals surface area (Å²) in [7, 11) is 0. The van der Waals surface area contributed by atoms with E-state index in [-0.39, 0.29) is 5.91 Å². The Balaban J connectivity index is 1.53. The number of carbonyl (C=O) groups excluding carboxylic acids is 1. The number of nitrogens with one attached hydrogen (secondary N) is 2. The van der Waals surface area contributed by atoms with Crippen LogP contribution in [-0.4, -0.2) is 29.5 Å². The molecule has 1 amide bonds. The van der Waals surface area contributed by atoms with E-state index in [4.69, 9.17) is 0 Å². The minimum Gasteiger partial charge on any atom is -0.348 e. The molecule has 0 spiro atoms. The van der Waals surface area contributed by atoms with E-state index >= 15 is 0 Å². The van der Waals surface area contributed by atoms with E-state index in [1.54, 1.807) is 11.3 Å². The van der Waals surface area contributed by atoms with Crippen molar-refractivity contribution in [2.45, 2.75) is 24.9 Å². The third-order valence-electron chi connectivity index (χ3n) is 4.24. The molecule has 2 N–H and O–H groups in total. The van der Waals surface area contributed by atoms with Crippen LogP contribution in [0.4, 0.5) is 0 Å². The molecular formula is C14H15N3OS. The zero-order valence-electron chi connectivity index (χ0n) is 10.4. The van der Waals surface area contributed by atoms with Crippen LogP contribution >= 0.6 is 11.3 Å². The van der Waals surface area contributed by atoms with Crippen molar-refractivity contribution < 1.29 is 4.79 Å². The van der Waals surface area contributed by atoms with Gasteiger partial charge in [-0.3, -0.25) is 4.79 Å². The number of rotatable bonds is 2. The van der Waals surface area contributed by atoms with Crippen molar-refractivity contribution in [3.05, 3.63) is 29.3 Å². The van der Waals surface area contributed by atoms with E-state index < -0.39 is 0 Å². The van der Waals surface area contributed by atoms with E-state index in [1.165, 1.54) is 6.42 Å². The van der Waals surface area contributed by atoms with Gasteiger partial charge in [-0.2, -0.15) is 0 Å². The van der Waals surface area contributed by atoms with E-state index in [0.717, 1.165) is 34.7 Å². The molecular weight excluding hydrogens is 258 g/mol. The fraction of sp³-hybridized carbons (Fsp3) is 0.429. The van der Waals surface area contributed by atoms with Crippen molar-refractivity contribution >= 4 is 27.5 Å². The number of piperidine rings is 1. The number of carbonyl (C=O) groups is 1. The monoisotopic (exact) mass is 273 g/mol. The summed E-state index contributed by atoms with van der Waals surface area (Å²) in [5.74, 6) is 0.786. The number of benzene rings is 1. The molecule has 1 aliphatic carbocycles. The highest BCUT2D eigenvalue weighted by molar-refractivity contribution is 7.16. The third-order valence-corrected chi connectivity index (χ3v) is 5.03. The van der Waals surface area contributed by atoms with Gasteiger partial charge in [0.15, 0.2) is 0 Å². The lowest BCUT2D eigenvalue weighted by molar-refractivity contribution is 0.0928. The highest BCUT2D eigenvalue weighted by atomic mass is 32.1. The first-order valence-corrected chi connectivity index (χ1v) is 7.55. The van der Waals surface area contributed by atoms with Crippen LogP contribution in [0.15, 0.2) is 23.7 Å². The summed E-state index contributed by atoms with van der Waals surface area (Å²) in [5, 5.41) is 6.63. The number of nitrogens with zero attached hydrogens (tertiary/aromatic N) is 1. The Labute approximate surface area is 115 Å². The molecule has 2 bridgehead atoms. The van der Waals surface area contributed by atoms with Crippen LogP contribution in [0.25, 0.3) is 10.2 Å². The van der Waals surface area contributed by atoms with Gasteiger partial charge in [0.1, 0.15) is 0 Å². The first-order valence-electron chi connectivity index (χ1n) is 6.67. The van der Waals surface area contributed by atoms with Crippen LogP contribution in [0.3, 0.4) is 0 Å². The lowest BCUT2D eigenvalue weighted by Gasteiger charge is -2.23. The SMILES string of the molecule is O=C(NC1CC2CNC1C2)c1ccc2ncsc2c1. The zero-order chi connectivity index (χ0) is 12.8. The van der Waals surface area contributed by atoms with Crippen LogP contribution in [0, 0.1) is 5.92 Å². The van der Waals surface area contributed by atoms with Crippen LogP contribution in [0.2, 0.25) is 0 Å². The molecule has 98 valence electrons. The molecule has 2 aromatic rings. The topological polar surface area (TPSA) is 54.0 Å². The van der Waals surface area contributed by atoms with Crippen LogP contribution < -0.4 is 10.6 Å². The number of amides is 1. The summed E-state index contributed by atoms with van der Waals surface area (Å²) < 4.78 is 1.07. The maximum atomic E-state index is 12.3. The first-order chi connectivity index (χ1) is 9.29. The van der Waals surface area contributed by atoms with E-state index in [0.29, 0.717) is 12.1 Å². The summed E-state index contributed by atoms with van der Waals surface area (Å²) in [4.78, 5) is 16.5. The van der Waals surface area contributed by atoms with Crippen molar-refractivity contribution in [1.29, 1.82) is 0 Å². The predicted octanol–water partition coefficient (Wildman–Crippen LogP) is 1.78. The molecule has 19 heavy (non-hydrogen) atoms. The summed E-state index contributed by atoms with van der Waals surface area (Å²) in [5.41, 5.74) is 3.51. The molecule has 1 saturated carbocycles. The maximum Gasteiger partial charge on any atom is 0.251 e. The van der Waals surface area contributed by atoms with Gasteiger partial charge in [-0.1, -0.05) is 0 Å². The standard InChI is InChI=1S/C14H15N3OS/c18-14(17-12-4-8-3-11(12)15-6-8)9-1-2-10-13(5-9)19-7-16-10/h1-2,5,7-8,11-12,15H,3-4,6H2,(H,17,18). The van der Waals surface area contributed by atoms with Gasteiger partial charge in [0.25, 0.3) is 5.91 Å². The molecule has 4 rings (SSSR count). The Kier molecular flexibility index (Phi) is 2.56. The van der Waals surface area contributed by atoms with E-state index in [2.05, 4.69) is 15.6 Å². The molecule has 3 atom stereocenters. The summed E-state index contributed by atoms with van der Waals surface area (Å²) in [6, 6.07) is 6.48. The van der Waals surface area contributed by atoms with Gasteiger partial charge in [0.2, 0.25) is 0 Å². The second kappa shape index (κ2) is 4.28. The van der Waals surface area contributed by atoms with Crippen molar-refractivity contribution in [3.63, 3.8) is 0 Å². The smallest absolute Gasteiger partial charge is 0.251 e. The highest BCUT2D eigenvalue weighted by Crippen LogP contribution is 2.31. The minimum atomic E-state index is 0.0367. The average molecular weight is 273 g/mol.